The van der Waals surface area contributed by atoms with Crippen molar-refractivity contribution >= 4 is 17.3 Å². The normalized spacial score (nSPS) is 10.0. The zero-order chi connectivity index (χ0) is 9.68. The van der Waals surface area contributed by atoms with Crippen LogP contribution in [0.5, 0.6) is 0 Å². The third-order valence-corrected chi connectivity index (χ3v) is 2.85. The summed E-state index contributed by atoms with van der Waals surface area (Å²) in [6.45, 7) is 2.14. The van der Waals surface area contributed by atoms with Crippen molar-refractivity contribution in [1.29, 1.82) is 0 Å². The van der Waals surface area contributed by atoms with E-state index in [1.165, 1.54) is 12.7 Å². The molecule has 0 N–H and O–H groups in total. The molecular formula is C10H14O2S. The van der Waals surface area contributed by atoms with E-state index in [-0.39, 0.29) is 5.97 Å². The maximum atomic E-state index is 11.0. The Labute approximate surface area is 82.5 Å². The van der Waals surface area contributed by atoms with Gasteiger partial charge in [-0.1, -0.05) is 13.3 Å². The van der Waals surface area contributed by atoms with Crippen LogP contribution in [0, 0.1) is 0 Å². The average Bonchev–Trinajstić information content (AvgIpc) is 2.54. The number of aryl methyl sites for hydroxylation is 1. The molecule has 0 aromatic carbocycles. The second-order valence-corrected chi connectivity index (χ2v) is 3.87. The molecule has 13 heavy (non-hydrogen) atoms. The second kappa shape index (κ2) is 5.02. The lowest BCUT2D eigenvalue weighted by atomic mass is 10.1. The number of ether oxygens (including phenoxy) is 1. The van der Waals surface area contributed by atoms with E-state index >= 15 is 0 Å². The van der Waals surface area contributed by atoms with Crippen molar-refractivity contribution in [1.82, 2.24) is 0 Å². The van der Waals surface area contributed by atoms with Crippen LogP contribution in [0.15, 0.2) is 11.4 Å². The molecule has 1 heterocycles. The number of hydrogen-bond acceptors (Lipinski definition) is 3. The van der Waals surface area contributed by atoms with Gasteiger partial charge >= 0.3 is 5.97 Å². The monoisotopic (exact) mass is 198 g/mol. The first-order valence-corrected chi connectivity index (χ1v) is 5.28. The van der Waals surface area contributed by atoms with Gasteiger partial charge in [-0.2, -0.15) is 0 Å². The molecule has 3 heteroatoms. The first-order valence-electron chi connectivity index (χ1n) is 4.40. The number of carbonyl (C=O) groups excluding carboxylic acids is 1. The first-order chi connectivity index (χ1) is 6.27. The van der Waals surface area contributed by atoms with Crippen LogP contribution in [-0.2, 0) is 22.4 Å². The van der Waals surface area contributed by atoms with Gasteiger partial charge in [0.2, 0.25) is 0 Å². The van der Waals surface area contributed by atoms with Crippen LogP contribution in [0.4, 0.5) is 0 Å². The summed E-state index contributed by atoms with van der Waals surface area (Å²) >= 11 is 1.63. The van der Waals surface area contributed by atoms with Crippen molar-refractivity contribution in [2.75, 3.05) is 7.11 Å². The maximum absolute atomic E-state index is 11.0. The molecular weight excluding hydrogens is 184 g/mol. The predicted molar refractivity (Wildman–Crippen MR) is 54.0 cm³/mol. The number of carbonyl (C=O) groups is 1. The second-order valence-electron chi connectivity index (χ2n) is 2.87. The fourth-order valence-corrected chi connectivity index (χ4v) is 2.14. The van der Waals surface area contributed by atoms with Crippen molar-refractivity contribution in [2.45, 2.75) is 26.2 Å². The smallest absolute Gasteiger partial charge is 0.310 e. The Balaban J connectivity index is 2.64. The Morgan fingerprint density at radius 2 is 2.38 bits per heavy atom. The fourth-order valence-electron chi connectivity index (χ4n) is 1.22. The minimum atomic E-state index is -0.153. The van der Waals surface area contributed by atoms with Gasteiger partial charge in [-0.3, -0.25) is 4.79 Å². The third-order valence-electron chi connectivity index (χ3n) is 1.89. The molecule has 0 saturated carbocycles. The summed E-state index contributed by atoms with van der Waals surface area (Å²) in [5, 5.41) is 2.03. The zero-order valence-electron chi connectivity index (χ0n) is 8.00. The van der Waals surface area contributed by atoms with E-state index in [0.717, 1.165) is 17.7 Å². The minimum Gasteiger partial charge on any atom is -0.469 e. The van der Waals surface area contributed by atoms with Crippen molar-refractivity contribution in [3.63, 3.8) is 0 Å². The Hall–Kier alpha value is -0.830. The number of methoxy groups -OCH3 is 1. The largest absolute Gasteiger partial charge is 0.469 e. The molecule has 1 rings (SSSR count). The molecule has 0 fully saturated rings. The van der Waals surface area contributed by atoms with Gasteiger partial charge in [-0.15, -0.1) is 11.3 Å². The molecule has 0 spiro atoms. The molecule has 0 atom stereocenters. The molecule has 0 bridgehead atoms. The van der Waals surface area contributed by atoms with E-state index in [1.807, 2.05) is 5.38 Å². The SMILES string of the molecule is CCCc1ccsc1CC(=O)OC. The van der Waals surface area contributed by atoms with Crippen molar-refractivity contribution < 1.29 is 9.53 Å². The van der Waals surface area contributed by atoms with Crippen LogP contribution >= 0.6 is 11.3 Å². The average molecular weight is 198 g/mol. The third kappa shape index (κ3) is 2.84. The van der Waals surface area contributed by atoms with Gasteiger partial charge in [0, 0.05) is 4.88 Å². The molecule has 0 aliphatic carbocycles. The maximum Gasteiger partial charge on any atom is 0.310 e. The molecule has 0 aliphatic rings. The molecule has 0 unspecified atom stereocenters. The van der Waals surface area contributed by atoms with E-state index in [0.29, 0.717) is 6.42 Å². The Morgan fingerprint density at radius 1 is 1.62 bits per heavy atom. The molecule has 0 radical (unpaired) electrons. The highest BCUT2D eigenvalue weighted by molar-refractivity contribution is 7.10. The summed E-state index contributed by atoms with van der Waals surface area (Å²) in [6, 6.07) is 2.09. The van der Waals surface area contributed by atoms with Crippen molar-refractivity contribution in [3.05, 3.63) is 21.9 Å². The van der Waals surface area contributed by atoms with Crippen LogP contribution in [0.25, 0.3) is 0 Å². The number of hydrogen-bond donors (Lipinski definition) is 0. The standard InChI is InChI=1S/C10H14O2S/c1-3-4-8-5-6-13-9(8)7-10(11)12-2/h5-6H,3-4,7H2,1-2H3. The van der Waals surface area contributed by atoms with Gasteiger partial charge in [-0.05, 0) is 23.4 Å². The molecule has 1 aromatic heterocycles. The quantitative estimate of drug-likeness (QED) is 0.694. The van der Waals surface area contributed by atoms with E-state index in [4.69, 9.17) is 0 Å². The highest BCUT2D eigenvalue weighted by Gasteiger charge is 2.08. The lowest BCUT2D eigenvalue weighted by Crippen LogP contribution is -2.04. The lowest BCUT2D eigenvalue weighted by Gasteiger charge is -2.00. The van der Waals surface area contributed by atoms with Gasteiger partial charge in [0.1, 0.15) is 0 Å². The Kier molecular flexibility index (Phi) is 3.96. The summed E-state index contributed by atoms with van der Waals surface area (Å²) in [7, 11) is 1.43. The summed E-state index contributed by atoms with van der Waals surface area (Å²) in [6.07, 6.45) is 2.59. The summed E-state index contributed by atoms with van der Waals surface area (Å²) in [5.74, 6) is -0.153. The van der Waals surface area contributed by atoms with Crippen LogP contribution < -0.4 is 0 Å². The van der Waals surface area contributed by atoms with Crippen LogP contribution in [0.3, 0.4) is 0 Å². The van der Waals surface area contributed by atoms with E-state index in [9.17, 15) is 4.79 Å². The fraction of sp³-hybridized carbons (Fsp3) is 0.500. The van der Waals surface area contributed by atoms with Gasteiger partial charge < -0.3 is 4.74 Å². The van der Waals surface area contributed by atoms with Crippen LogP contribution in [0.2, 0.25) is 0 Å². The molecule has 0 saturated heterocycles. The number of thiophene rings is 1. The topological polar surface area (TPSA) is 26.3 Å². The zero-order valence-corrected chi connectivity index (χ0v) is 8.82. The molecule has 0 aliphatic heterocycles. The summed E-state index contributed by atoms with van der Waals surface area (Å²) in [4.78, 5) is 12.2. The van der Waals surface area contributed by atoms with E-state index in [2.05, 4.69) is 17.7 Å². The summed E-state index contributed by atoms with van der Waals surface area (Å²) < 4.78 is 4.62. The van der Waals surface area contributed by atoms with Crippen LogP contribution in [0.1, 0.15) is 23.8 Å². The first kappa shape index (κ1) is 10.3. The van der Waals surface area contributed by atoms with Crippen molar-refractivity contribution in [2.24, 2.45) is 0 Å². The molecule has 1 aromatic rings. The molecule has 72 valence electrons. The highest BCUT2D eigenvalue weighted by Crippen LogP contribution is 2.19. The van der Waals surface area contributed by atoms with Gasteiger partial charge in [0.25, 0.3) is 0 Å². The predicted octanol–water partition coefficient (Wildman–Crippen LogP) is 2.42. The minimum absolute atomic E-state index is 0.153. The van der Waals surface area contributed by atoms with E-state index in [1.54, 1.807) is 11.3 Å². The number of rotatable bonds is 4. The lowest BCUT2D eigenvalue weighted by molar-refractivity contribution is -0.139. The van der Waals surface area contributed by atoms with Gasteiger partial charge in [0.05, 0.1) is 13.5 Å². The molecule has 2 nitrogen and oxygen atoms in total. The Bertz CT molecular complexity index is 278. The Morgan fingerprint density at radius 3 is 3.00 bits per heavy atom. The van der Waals surface area contributed by atoms with Gasteiger partial charge in [-0.25, -0.2) is 0 Å². The van der Waals surface area contributed by atoms with E-state index < -0.39 is 0 Å². The van der Waals surface area contributed by atoms with Gasteiger partial charge in [0.15, 0.2) is 0 Å². The highest BCUT2D eigenvalue weighted by atomic mass is 32.1. The summed E-state index contributed by atoms with van der Waals surface area (Å²) in [5.41, 5.74) is 1.29. The number of esters is 1. The van der Waals surface area contributed by atoms with Crippen molar-refractivity contribution in [3.8, 4) is 0 Å². The van der Waals surface area contributed by atoms with Crippen LogP contribution in [-0.4, -0.2) is 13.1 Å². The molecule has 0 amide bonds.